The van der Waals surface area contributed by atoms with Gasteiger partial charge in [-0.1, -0.05) is 35.3 Å². The number of aryl methyl sites for hydroxylation is 1. The van der Waals surface area contributed by atoms with Gasteiger partial charge in [0.2, 0.25) is 15.8 Å². The van der Waals surface area contributed by atoms with Gasteiger partial charge in [-0.15, -0.1) is 0 Å². The van der Waals surface area contributed by atoms with Crippen molar-refractivity contribution >= 4 is 44.3 Å². The maximum absolute atomic E-state index is 13.7. The van der Waals surface area contributed by atoms with Gasteiger partial charge < -0.3 is 8.94 Å². The van der Waals surface area contributed by atoms with Crippen molar-refractivity contribution in [2.75, 3.05) is 18.0 Å². The first-order chi connectivity index (χ1) is 17.8. The molecule has 0 aliphatic carbocycles. The summed E-state index contributed by atoms with van der Waals surface area (Å²) in [5.41, 5.74) is 0.498. The number of fused-ring (bicyclic) bond motifs is 2. The van der Waals surface area contributed by atoms with Crippen molar-refractivity contribution in [2.24, 2.45) is 0 Å². The summed E-state index contributed by atoms with van der Waals surface area (Å²) in [7, 11) is -3.65. The van der Waals surface area contributed by atoms with Gasteiger partial charge >= 0.3 is 0 Å². The molecule has 2 aliphatic rings. The summed E-state index contributed by atoms with van der Waals surface area (Å²) < 4.78 is 38.9. The maximum Gasteiger partial charge on any atom is 0.296 e. The lowest BCUT2D eigenvalue weighted by Crippen LogP contribution is -2.35. The van der Waals surface area contributed by atoms with Crippen molar-refractivity contribution in [3.8, 4) is 0 Å². The van der Waals surface area contributed by atoms with Gasteiger partial charge in [0.15, 0.2) is 11.2 Å². The molecule has 0 bridgehead atoms. The van der Waals surface area contributed by atoms with E-state index < -0.39 is 27.4 Å². The molecule has 1 atom stereocenters. The fraction of sp³-hybridized carbons (Fsp3) is 0.269. The molecule has 0 spiro atoms. The summed E-state index contributed by atoms with van der Waals surface area (Å²) in [4.78, 5) is 28.7. The van der Waals surface area contributed by atoms with Gasteiger partial charge in [0.1, 0.15) is 11.3 Å². The Morgan fingerprint density at radius 1 is 1.00 bits per heavy atom. The molecule has 6 rings (SSSR count). The minimum absolute atomic E-state index is 0.101. The molecule has 0 radical (unpaired) electrons. The molecule has 2 aliphatic heterocycles. The summed E-state index contributed by atoms with van der Waals surface area (Å²) in [6.07, 6.45) is 2.68. The summed E-state index contributed by atoms with van der Waals surface area (Å²) in [6, 6.07) is 11.6. The first-order valence-corrected chi connectivity index (χ1v) is 13.7. The number of carbonyl (C=O) groups excluding carboxylic acids is 1. The number of benzene rings is 2. The van der Waals surface area contributed by atoms with Crippen LogP contribution in [-0.4, -0.2) is 36.9 Å². The lowest BCUT2D eigenvalue weighted by Gasteiger charge is -2.26. The van der Waals surface area contributed by atoms with E-state index in [9.17, 15) is 18.0 Å². The average molecular weight is 540 g/mol. The van der Waals surface area contributed by atoms with Crippen LogP contribution in [-0.2, 0) is 10.0 Å². The Morgan fingerprint density at radius 3 is 2.41 bits per heavy atom. The molecule has 4 aromatic rings. The molecule has 1 unspecified atom stereocenters. The van der Waals surface area contributed by atoms with Crippen LogP contribution in [0.5, 0.6) is 0 Å². The van der Waals surface area contributed by atoms with Crippen LogP contribution < -0.4 is 10.3 Å². The van der Waals surface area contributed by atoms with Crippen LogP contribution in [0.1, 0.15) is 52.7 Å². The predicted octanol–water partition coefficient (Wildman–Crippen LogP) is 4.67. The van der Waals surface area contributed by atoms with Crippen molar-refractivity contribution in [2.45, 2.75) is 37.1 Å². The summed E-state index contributed by atoms with van der Waals surface area (Å²) in [6.45, 7) is 2.67. The van der Waals surface area contributed by atoms with E-state index in [0.717, 1.165) is 19.3 Å². The molecule has 0 saturated carbocycles. The number of rotatable bonds is 4. The number of aromatic nitrogens is 1. The van der Waals surface area contributed by atoms with Gasteiger partial charge in [-0.25, -0.2) is 8.42 Å². The number of amides is 1. The number of anilines is 1. The fourth-order valence-corrected chi connectivity index (χ4v) is 6.73. The molecule has 1 saturated heterocycles. The highest BCUT2D eigenvalue weighted by molar-refractivity contribution is 7.89. The van der Waals surface area contributed by atoms with E-state index in [-0.39, 0.29) is 33.0 Å². The van der Waals surface area contributed by atoms with Crippen LogP contribution in [0.2, 0.25) is 5.02 Å². The topological polar surface area (TPSA) is 114 Å². The minimum atomic E-state index is -3.65. The van der Waals surface area contributed by atoms with Crippen molar-refractivity contribution in [1.29, 1.82) is 0 Å². The molecule has 4 heterocycles. The third kappa shape index (κ3) is 3.87. The fourth-order valence-electron chi connectivity index (χ4n) is 5.04. The molecule has 1 fully saturated rings. The lowest BCUT2D eigenvalue weighted by atomic mass is 9.98. The Bertz CT molecular complexity index is 1700. The SMILES string of the molecule is Cc1cc(N2C(=O)c3oc4ccc(Cl)cc4c(=O)c3C2c2ccc(S(=O)(=O)N3CCCCC3)cc2)no1. The molecular weight excluding hydrogens is 518 g/mol. The van der Waals surface area contributed by atoms with Gasteiger partial charge in [-0.3, -0.25) is 14.5 Å². The number of carbonyl (C=O) groups is 1. The van der Waals surface area contributed by atoms with E-state index in [1.807, 2.05) is 0 Å². The molecule has 11 heteroatoms. The molecular formula is C26H22ClN3O6S. The smallest absolute Gasteiger partial charge is 0.296 e. The van der Waals surface area contributed by atoms with E-state index in [2.05, 4.69) is 5.16 Å². The van der Waals surface area contributed by atoms with Crippen molar-refractivity contribution in [1.82, 2.24) is 9.46 Å². The van der Waals surface area contributed by atoms with E-state index in [0.29, 0.717) is 29.4 Å². The highest BCUT2D eigenvalue weighted by atomic mass is 35.5. The molecule has 2 aromatic carbocycles. The van der Waals surface area contributed by atoms with E-state index >= 15 is 0 Å². The Balaban J connectivity index is 1.50. The zero-order valence-corrected chi connectivity index (χ0v) is 21.4. The van der Waals surface area contributed by atoms with Crippen molar-refractivity contribution in [3.63, 3.8) is 0 Å². The average Bonchev–Trinajstić information content (AvgIpc) is 3.45. The third-order valence-electron chi connectivity index (χ3n) is 6.84. The highest BCUT2D eigenvalue weighted by Crippen LogP contribution is 2.41. The normalized spacial score (nSPS) is 18.5. The van der Waals surface area contributed by atoms with E-state index in [1.165, 1.54) is 27.4 Å². The zero-order chi connectivity index (χ0) is 25.9. The van der Waals surface area contributed by atoms with Crippen LogP contribution in [0.3, 0.4) is 0 Å². The second-order valence-corrected chi connectivity index (χ2v) is 11.6. The van der Waals surface area contributed by atoms with Gasteiger partial charge in [0.25, 0.3) is 5.91 Å². The first-order valence-electron chi connectivity index (χ1n) is 11.9. The minimum Gasteiger partial charge on any atom is -0.450 e. The first kappa shape index (κ1) is 23.9. The number of piperidine rings is 1. The Kier molecular flexibility index (Phi) is 5.70. The Labute approximate surface area is 217 Å². The van der Waals surface area contributed by atoms with Crippen molar-refractivity contribution in [3.05, 3.63) is 86.4 Å². The second-order valence-electron chi connectivity index (χ2n) is 9.22. The monoisotopic (exact) mass is 539 g/mol. The molecule has 0 N–H and O–H groups in total. The molecule has 9 nitrogen and oxygen atoms in total. The van der Waals surface area contributed by atoms with Crippen LogP contribution in [0.15, 0.2) is 67.2 Å². The predicted molar refractivity (Wildman–Crippen MR) is 136 cm³/mol. The summed E-state index contributed by atoms with van der Waals surface area (Å²) in [5, 5.41) is 4.60. The largest absolute Gasteiger partial charge is 0.450 e. The van der Waals surface area contributed by atoms with Crippen LogP contribution in [0, 0.1) is 6.92 Å². The van der Waals surface area contributed by atoms with Crippen LogP contribution >= 0.6 is 11.6 Å². The van der Waals surface area contributed by atoms with Crippen LogP contribution in [0.25, 0.3) is 11.0 Å². The number of halogens is 1. The zero-order valence-electron chi connectivity index (χ0n) is 19.8. The summed E-state index contributed by atoms with van der Waals surface area (Å²) >= 11 is 6.13. The molecule has 37 heavy (non-hydrogen) atoms. The van der Waals surface area contributed by atoms with Crippen LogP contribution in [0.4, 0.5) is 5.82 Å². The van der Waals surface area contributed by atoms with Gasteiger partial charge in [0, 0.05) is 24.2 Å². The number of nitrogens with zero attached hydrogens (tertiary/aromatic N) is 3. The number of hydrogen-bond donors (Lipinski definition) is 0. The quantitative estimate of drug-likeness (QED) is 0.370. The Morgan fingerprint density at radius 2 is 1.73 bits per heavy atom. The number of hydrogen-bond acceptors (Lipinski definition) is 7. The van der Waals surface area contributed by atoms with Crippen molar-refractivity contribution < 1.29 is 22.2 Å². The highest BCUT2D eigenvalue weighted by Gasteiger charge is 2.45. The standard InChI is InChI=1S/C26H22ClN3O6S/c1-15-13-21(28-36-15)30-23(16-5-8-18(9-6-16)37(33,34)29-11-3-2-4-12-29)22-24(31)19-14-17(27)7-10-20(19)35-25(22)26(30)32/h5-10,13-14,23H,2-4,11-12H2,1H3. The van der Waals surface area contributed by atoms with E-state index in [4.69, 9.17) is 20.5 Å². The maximum atomic E-state index is 13.7. The number of sulfonamides is 1. The molecule has 1 amide bonds. The van der Waals surface area contributed by atoms with Gasteiger partial charge in [-0.05, 0) is 55.7 Å². The summed E-state index contributed by atoms with van der Waals surface area (Å²) in [5.74, 6) is 0.0462. The third-order valence-corrected chi connectivity index (χ3v) is 8.99. The molecule has 190 valence electrons. The Hall–Kier alpha value is -3.47. The lowest BCUT2D eigenvalue weighted by molar-refractivity contribution is 0.0969. The van der Waals surface area contributed by atoms with E-state index in [1.54, 1.807) is 37.3 Å². The van der Waals surface area contributed by atoms with Gasteiger partial charge in [0.05, 0.1) is 21.9 Å². The second kappa shape index (κ2) is 8.83. The molecule has 2 aromatic heterocycles. The van der Waals surface area contributed by atoms with Gasteiger partial charge in [-0.2, -0.15) is 4.31 Å².